The molecule has 1 heterocycles. The molecule has 0 fully saturated rings. The zero-order valence-electron chi connectivity index (χ0n) is 9.75. The molecular formula is C12H10Cl2N2O2. The molecule has 0 aliphatic carbocycles. The van der Waals surface area contributed by atoms with E-state index in [0.29, 0.717) is 27.1 Å². The fraction of sp³-hybridized carbons (Fsp3) is 0.167. The van der Waals surface area contributed by atoms with Crippen molar-refractivity contribution in [2.75, 3.05) is 7.11 Å². The lowest BCUT2D eigenvalue weighted by atomic mass is 10.2. The fourth-order valence-corrected chi connectivity index (χ4v) is 2.06. The SMILES string of the molecule is COC(=O)c1nc(-c2ccc(Cl)cc2Cl)[nH]c1C. The largest absolute Gasteiger partial charge is 0.464 e. The van der Waals surface area contributed by atoms with Crippen LogP contribution in [0.5, 0.6) is 0 Å². The van der Waals surface area contributed by atoms with Gasteiger partial charge in [-0.2, -0.15) is 0 Å². The van der Waals surface area contributed by atoms with E-state index in [1.165, 1.54) is 7.11 Å². The lowest BCUT2D eigenvalue weighted by Crippen LogP contribution is -2.03. The molecule has 18 heavy (non-hydrogen) atoms. The molecular weight excluding hydrogens is 275 g/mol. The molecule has 0 unspecified atom stereocenters. The summed E-state index contributed by atoms with van der Waals surface area (Å²) in [5, 5.41) is 1.01. The first kappa shape index (κ1) is 12.9. The van der Waals surface area contributed by atoms with Crippen molar-refractivity contribution in [2.45, 2.75) is 6.92 Å². The zero-order chi connectivity index (χ0) is 13.3. The summed E-state index contributed by atoms with van der Waals surface area (Å²) in [5.41, 5.74) is 1.56. The van der Waals surface area contributed by atoms with Crippen LogP contribution in [-0.2, 0) is 4.74 Å². The van der Waals surface area contributed by atoms with E-state index < -0.39 is 5.97 Å². The number of methoxy groups -OCH3 is 1. The summed E-state index contributed by atoms with van der Waals surface area (Å²) in [4.78, 5) is 18.6. The first-order valence-corrected chi connectivity index (χ1v) is 5.89. The minimum absolute atomic E-state index is 0.249. The summed E-state index contributed by atoms with van der Waals surface area (Å²) >= 11 is 11.9. The first-order valence-electron chi connectivity index (χ1n) is 5.13. The molecule has 0 saturated carbocycles. The van der Waals surface area contributed by atoms with Gasteiger partial charge >= 0.3 is 5.97 Å². The van der Waals surface area contributed by atoms with E-state index >= 15 is 0 Å². The number of aromatic amines is 1. The van der Waals surface area contributed by atoms with Gasteiger partial charge in [-0.15, -0.1) is 0 Å². The number of benzene rings is 1. The van der Waals surface area contributed by atoms with Gasteiger partial charge in [0.1, 0.15) is 5.82 Å². The van der Waals surface area contributed by atoms with Crippen molar-refractivity contribution in [1.29, 1.82) is 0 Å². The highest BCUT2D eigenvalue weighted by Crippen LogP contribution is 2.29. The van der Waals surface area contributed by atoms with E-state index in [2.05, 4.69) is 14.7 Å². The Labute approximate surface area is 114 Å². The Balaban J connectivity index is 2.49. The highest BCUT2D eigenvalue weighted by molar-refractivity contribution is 6.36. The Hall–Kier alpha value is -1.52. The van der Waals surface area contributed by atoms with Crippen LogP contribution in [0.2, 0.25) is 10.0 Å². The number of carbonyl (C=O) groups is 1. The van der Waals surface area contributed by atoms with Crippen LogP contribution in [0.1, 0.15) is 16.2 Å². The Bertz CT molecular complexity index is 608. The van der Waals surface area contributed by atoms with Gasteiger partial charge in [-0.3, -0.25) is 0 Å². The van der Waals surface area contributed by atoms with Gasteiger partial charge in [0.25, 0.3) is 0 Å². The van der Waals surface area contributed by atoms with Crippen molar-refractivity contribution in [3.05, 3.63) is 39.6 Å². The summed E-state index contributed by atoms with van der Waals surface area (Å²) in [7, 11) is 1.31. The third kappa shape index (κ3) is 2.35. The quantitative estimate of drug-likeness (QED) is 0.859. The number of nitrogens with zero attached hydrogens (tertiary/aromatic N) is 1. The topological polar surface area (TPSA) is 55.0 Å². The smallest absolute Gasteiger partial charge is 0.358 e. The van der Waals surface area contributed by atoms with E-state index in [0.717, 1.165) is 0 Å². The number of nitrogens with one attached hydrogen (secondary N) is 1. The van der Waals surface area contributed by atoms with E-state index in [9.17, 15) is 4.79 Å². The average molecular weight is 285 g/mol. The van der Waals surface area contributed by atoms with Crippen LogP contribution in [0.3, 0.4) is 0 Å². The van der Waals surface area contributed by atoms with E-state index in [1.54, 1.807) is 25.1 Å². The van der Waals surface area contributed by atoms with Crippen LogP contribution in [0.4, 0.5) is 0 Å². The third-order valence-electron chi connectivity index (χ3n) is 2.45. The number of hydrogen-bond acceptors (Lipinski definition) is 3. The predicted octanol–water partition coefficient (Wildman–Crippen LogP) is 3.48. The highest BCUT2D eigenvalue weighted by atomic mass is 35.5. The van der Waals surface area contributed by atoms with Crippen molar-refractivity contribution in [3.63, 3.8) is 0 Å². The summed E-state index contributed by atoms with van der Waals surface area (Å²) in [6.07, 6.45) is 0. The molecule has 1 aromatic carbocycles. The van der Waals surface area contributed by atoms with Gasteiger partial charge in [-0.25, -0.2) is 9.78 Å². The van der Waals surface area contributed by atoms with Crippen LogP contribution < -0.4 is 0 Å². The lowest BCUT2D eigenvalue weighted by molar-refractivity contribution is 0.0594. The number of halogens is 2. The molecule has 0 saturated heterocycles. The van der Waals surface area contributed by atoms with Gasteiger partial charge in [0.2, 0.25) is 0 Å². The number of esters is 1. The molecule has 2 aromatic rings. The Morgan fingerprint density at radius 3 is 2.72 bits per heavy atom. The number of carbonyl (C=O) groups excluding carboxylic acids is 1. The summed E-state index contributed by atoms with van der Waals surface area (Å²) in [6, 6.07) is 5.07. The van der Waals surface area contributed by atoms with E-state index in [4.69, 9.17) is 23.2 Å². The minimum atomic E-state index is -0.486. The van der Waals surface area contributed by atoms with Crippen molar-refractivity contribution >= 4 is 29.2 Å². The van der Waals surface area contributed by atoms with Crippen molar-refractivity contribution in [1.82, 2.24) is 9.97 Å². The number of rotatable bonds is 2. The Kier molecular flexibility index (Phi) is 3.59. The van der Waals surface area contributed by atoms with Crippen LogP contribution in [-0.4, -0.2) is 23.0 Å². The maximum atomic E-state index is 11.5. The number of aromatic nitrogens is 2. The number of imidazole rings is 1. The summed E-state index contributed by atoms with van der Waals surface area (Å²) in [5.74, 6) is 0.0228. The molecule has 6 heteroatoms. The van der Waals surface area contributed by atoms with Gasteiger partial charge in [0.05, 0.1) is 12.1 Å². The molecule has 0 bridgehead atoms. The molecule has 94 valence electrons. The van der Waals surface area contributed by atoms with E-state index in [1.807, 2.05) is 0 Å². The molecule has 0 radical (unpaired) electrons. The van der Waals surface area contributed by atoms with Gasteiger partial charge in [0.15, 0.2) is 5.69 Å². The number of H-pyrrole nitrogens is 1. The lowest BCUT2D eigenvalue weighted by Gasteiger charge is -2.00. The second-order valence-corrected chi connectivity index (χ2v) is 4.52. The molecule has 0 spiro atoms. The van der Waals surface area contributed by atoms with Gasteiger partial charge in [-0.1, -0.05) is 23.2 Å². The number of ether oxygens (including phenoxy) is 1. The van der Waals surface area contributed by atoms with Crippen LogP contribution in [0, 0.1) is 6.92 Å². The maximum Gasteiger partial charge on any atom is 0.358 e. The number of aryl methyl sites for hydroxylation is 1. The normalized spacial score (nSPS) is 10.4. The first-order chi connectivity index (χ1) is 8.52. The second kappa shape index (κ2) is 5.00. The molecule has 0 aliphatic heterocycles. The van der Waals surface area contributed by atoms with Crippen molar-refractivity contribution in [3.8, 4) is 11.4 Å². The molecule has 1 N–H and O–H groups in total. The maximum absolute atomic E-state index is 11.5. The Morgan fingerprint density at radius 1 is 1.39 bits per heavy atom. The van der Waals surface area contributed by atoms with E-state index in [-0.39, 0.29) is 5.69 Å². The second-order valence-electron chi connectivity index (χ2n) is 3.67. The average Bonchev–Trinajstić information content (AvgIpc) is 2.70. The summed E-state index contributed by atoms with van der Waals surface area (Å²) in [6.45, 7) is 1.74. The molecule has 0 aliphatic rings. The van der Waals surface area contributed by atoms with Crippen LogP contribution in [0.15, 0.2) is 18.2 Å². The third-order valence-corrected chi connectivity index (χ3v) is 3.00. The number of hydrogen-bond donors (Lipinski definition) is 1. The summed E-state index contributed by atoms with van der Waals surface area (Å²) < 4.78 is 4.64. The highest BCUT2D eigenvalue weighted by Gasteiger charge is 2.17. The minimum Gasteiger partial charge on any atom is -0.464 e. The zero-order valence-corrected chi connectivity index (χ0v) is 11.3. The fourth-order valence-electron chi connectivity index (χ4n) is 1.56. The molecule has 1 aromatic heterocycles. The van der Waals surface area contributed by atoms with Crippen LogP contribution in [0.25, 0.3) is 11.4 Å². The van der Waals surface area contributed by atoms with Gasteiger partial charge in [-0.05, 0) is 25.1 Å². The predicted molar refractivity (Wildman–Crippen MR) is 70.1 cm³/mol. The van der Waals surface area contributed by atoms with Crippen LogP contribution >= 0.6 is 23.2 Å². The molecule has 0 atom stereocenters. The molecule has 2 rings (SSSR count). The van der Waals surface area contributed by atoms with Gasteiger partial charge < -0.3 is 9.72 Å². The molecule has 4 nitrogen and oxygen atoms in total. The standard InChI is InChI=1S/C12H10Cl2N2O2/c1-6-10(12(17)18-2)16-11(15-6)8-4-3-7(13)5-9(8)14/h3-5H,1-2H3,(H,15,16). The Morgan fingerprint density at radius 2 is 2.11 bits per heavy atom. The van der Waals surface area contributed by atoms with Crippen molar-refractivity contribution < 1.29 is 9.53 Å². The van der Waals surface area contributed by atoms with Gasteiger partial charge in [0, 0.05) is 16.3 Å². The van der Waals surface area contributed by atoms with Crippen molar-refractivity contribution in [2.24, 2.45) is 0 Å². The molecule has 0 amide bonds. The monoisotopic (exact) mass is 284 g/mol.